The maximum absolute atomic E-state index is 11.9. The third-order valence-electron chi connectivity index (χ3n) is 10.1. The molecule has 0 saturated carbocycles. The fourth-order valence-electron chi connectivity index (χ4n) is 6.71. The summed E-state index contributed by atoms with van der Waals surface area (Å²) in [7, 11) is 0. The van der Waals surface area contributed by atoms with E-state index in [1.807, 2.05) is 0 Å². The molecule has 5 N–H and O–H groups in total. The van der Waals surface area contributed by atoms with E-state index in [1.54, 1.807) is 0 Å². The van der Waals surface area contributed by atoms with E-state index in [0.717, 1.165) is 66.8 Å². The standard InChI is InChI=1S/C44H57NO3/c1-41(2,3)33-17-25-13-27-19-34(42(4,5)6)21-29(38(27)46)15-31-23-36(44(10,11)12)24-32(40(31)48)16-30-22-35(43(7,8)9)20-28(39(30)47)14-26(18-33)37(25)45/h17-24,46-48H,13-16,45H2,1-12H3. The fraction of sp³-hybridized carbons (Fsp3) is 0.455. The Bertz CT molecular complexity index is 1510. The summed E-state index contributed by atoms with van der Waals surface area (Å²) >= 11 is 0. The molecule has 8 bridgehead atoms. The number of anilines is 1. The van der Waals surface area contributed by atoms with Gasteiger partial charge in [-0.2, -0.15) is 0 Å². The van der Waals surface area contributed by atoms with Crippen molar-refractivity contribution in [3.63, 3.8) is 0 Å². The second-order valence-electron chi connectivity index (χ2n) is 18.3. The van der Waals surface area contributed by atoms with Crippen molar-refractivity contribution < 1.29 is 15.3 Å². The van der Waals surface area contributed by atoms with Crippen LogP contribution in [0.4, 0.5) is 5.69 Å². The summed E-state index contributed by atoms with van der Waals surface area (Å²) in [6.07, 6.45) is 1.66. The van der Waals surface area contributed by atoms with Gasteiger partial charge < -0.3 is 21.1 Å². The molecule has 4 aromatic rings. The molecule has 1 aliphatic rings. The third-order valence-corrected chi connectivity index (χ3v) is 10.1. The van der Waals surface area contributed by atoms with Crippen molar-refractivity contribution in [1.82, 2.24) is 0 Å². The molecule has 0 saturated heterocycles. The zero-order valence-electron chi connectivity index (χ0n) is 31.4. The van der Waals surface area contributed by atoms with Crippen LogP contribution >= 0.6 is 0 Å². The van der Waals surface area contributed by atoms with Crippen LogP contribution in [-0.4, -0.2) is 15.3 Å². The second kappa shape index (κ2) is 11.9. The number of benzene rings is 4. The van der Waals surface area contributed by atoms with Crippen LogP contribution in [-0.2, 0) is 47.3 Å². The van der Waals surface area contributed by atoms with Crippen molar-refractivity contribution in [1.29, 1.82) is 0 Å². The highest BCUT2D eigenvalue weighted by molar-refractivity contribution is 5.63. The van der Waals surface area contributed by atoms with Crippen LogP contribution in [0.2, 0.25) is 0 Å². The number of hydrogen-bond donors (Lipinski definition) is 4. The first kappa shape index (κ1) is 35.4. The molecule has 1 aliphatic carbocycles. The van der Waals surface area contributed by atoms with Gasteiger partial charge in [-0.3, -0.25) is 0 Å². The van der Waals surface area contributed by atoms with Gasteiger partial charge in [-0.25, -0.2) is 0 Å². The number of phenols is 3. The van der Waals surface area contributed by atoms with E-state index in [2.05, 4.69) is 132 Å². The number of aromatic hydroxyl groups is 3. The van der Waals surface area contributed by atoms with Gasteiger partial charge in [-0.15, -0.1) is 0 Å². The SMILES string of the molecule is CC(C)(C)c1cc2c(N)c(c1)Cc1cc(C(C)(C)C)cc(c1O)Cc1cc(C(C)(C)C)cc(c1O)Cc1cc(C(C)(C)C)cc(c1O)C2. The van der Waals surface area contributed by atoms with Crippen LogP contribution in [0.1, 0.15) is 150 Å². The maximum atomic E-state index is 11.9. The topological polar surface area (TPSA) is 86.7 Å². The van der Waals surface area contributed by atoms with Crippen LogP contribution in [0.5, 0.6) is 17.2 Å². The Kier molecular flexibility index (Phi) is 8.77. The van der Waals surface area contributed by atoms with Crippen molar-refractivity contribution in [2.24, 2.45) is 0 Å². The summed E-state index contributed by atoms with van der Waals surface area (Å²) in [5.41, 5.74) is 18.3. The number of nitrogens with two attached hydrogens (primary N) is 1. The molecule has 0 fully saturated rings. The van der Waals surface area contributed by atoms with Gasteiger partial charge in [0.05, 0.1) is 0 Å². The van der Waals surface area contributed by atoms with Crippen molar-refractivity contribution in [3.8, 4) is 17.2 Å². The third kappa shape index (κ3) is 7.09. The number of hydrogen-bond acceptors (Lipinski definition) is 4. The molecule has 4 aromatic carbocycles. The fourth-order valence-corrected chi connectivity index (χ4v) is 6.71. The van der Waals surface area contributed by atoms with Gasteiger partial charge in [0.25, 0.3) is 0 Å². The summed E-state index contributed by atoms with van der Waals surface area (Å²) in [6.45, 7) is 26.3. The Balaban J connectivity index is 1.89. The molecule has 0 aromatic heterocycles. The van der Waals surface area contributed by atoms with Gasteiger partial charge >= 0.3 is 0 Å². The number of fused-ring (bicyclic) bond motifs is 8. The average molecular weight is 648 g/mol. The molecular formula is C44H57NO3. The lowest BCUT2D eigenvalue weighted by molar-refractivity contribution is 0.452. The maximum Gasteiger partial charge on any atom is 0.122 e. The predicted octanol–water partition coefficient (Wildman–Crippen LogP) is 10.3. The molecule has 0 atom stereocenters. The van der Waals surface area contributed by atoms with Crippen molar-refractivity contribution in [2.45, 2.75) is 130 Å². The summed E-state index contributed by atoms with van der Waals surface area (Å²) in [4.78, 5) is 0. The Hall–Kier alpha value is -3.92. The van der Waals surface area contributed by atoms with Crippen molar-refractivity contribution in [2.75, 3.05) is 5.73 Å². The smallest absolute Gasteiger partial charge is 0.122 e. The highest BCUT2D eigenvalue weighted by Gasteiger charge is 2.27. The van der Waals surface area contributed by atoms with Crippen molar-refractivity contribution in [3.05, 3.63) is 115 Å². The highest BCUT2D eigenvalue weighted by atomic mass is 16.3. The molecule has 0 amide bonds. The van der Waals surface area contributed by atoms with Gasteiger partial charge in [-0.1, -0.05) is 132 Å². The van der Waals surface area contributed by atoms with Gasteiger partial charge in [0, 0.05) is 31.4 Å². The van der Waals surface area contributed by atoms with Gasteiger partial charge in [0.1, 0.15) is 17.2 Å². The second-order valence-corrected chi connectivity index (χ2v) is 18.3. The first-order valence-electron chi connectivity index (χ1n) is 17.4. The summed E-state index contributed by atoms with van der Waals surface area (Å²) in [6, 6.07) is 17.0. The molecule has 5 rings (SSSR count). The van der Waals surface area contributed by atoms with E-state index in [9.17, 15) is 15.3 Å². The number of rotatable bonds is 0. The minimum absolute atomic E-state index is 0.135. The van der Waals surface area contributed by atoms with Crippen LogP contribution < -0.4 is 5.73 Å². The molecule has 4 nitrogen and oxygen atoms in total. The average Bonchev–Trinajstić information content (AvgIpc) is 2.93. The lowest BCUT2D eigenvalue weighted by Gasteiger charge is -2.27. The first-order chi connectivity index (χ1) is 21.9. The van der Waals surface area contributed by atoms with E-state index in [4.69, 9.17) is 5.73 Å². The van der Waals surface area contributed by atoms with Crippen LogP contribution in [0.15, 0.2) is 48.5 Å². The summed E-state index contributed by atoms with van der Waals surface area (Å²) in [5, 5.41) is 35.8. The molecule has 48 heavy (non-hydrogen) atoms. The van der Waals surface area contributed by atoms with E-state index in [1.165, 1.54) is 0 Å². The molecule has 0 unspecified atom stereocenters. The quantitative estimate of drug-likeness (QED) is 0.126. The zero-order valence-corrected chi connectivity index (χ0v) is 31.4. The number of nitrogen functional groups attached to an aromatic ring is 1. The molecule has 0 heterocycles. The summed E-state index contributed by atoms with van der Waals surface area (Å²) in [5.74, 6) is 0.706. The molecule has 0 spiro atoms. The largest absolute Gasteiger partial charge is 0.507 e. The summed E-state index contributed by atoms with van der Waals surface area (Å²) < 4.78 is 0. The monoisotopic (exact) mass is 647 g/mol. The predicted molar refractivity (Wildman–Crippen MR) is 201 cm³/mol. The molecule has 256 valence electrons. The zero-order chi connectivity index (χ0) is 35.7. The van der Waals surface area contributed by atoms with Crippen LogP contribution in [0.25, 0.3) is 0 Å². The van der Waals surface area contributed by atoms with Crippen molar-refractivity contribution >= 4 is 5.69 Å². The molecule has 0 aliphatic heterocycles. The Labute approximate surface area is 289 Å². The van der Waals surface area contributed by atoms with Gasteiger partial charge in [-0.05, 0) is 88.4 Å². The Morgan fingerprint density at radius 3 is 0.708 bits per heavy atom. The molecule has 0 radical (unpaired) electrons. The lowest BCUT2D eigenvalue weighted by Crippen LogP contribution is -2.16. The minimum Gasteiger partial charge on any atom is -0.507 e. The van der Waals surface area contributed by atoms with Crippen LogP contribution in [0, 0.1) is 0 Å². The van der Waals surface area contributed by atoms with Gasteiger partial charge in [0.2, 0.25) is 0 Å². The van der Waals surface area contributed by atoms with Crippen LogP contribution in [0.3, 0.4) is 0 Å². The Morgan fingerprint density at radius 2 is 0.521 bits per heavy atom. The van der Waals surface area contributed by atoms with E-state index in [-0.39, 0.29) is 38.9 Å². The number of phenolic OH excluding ortho intramolecular Hbond substituents is 3. The molecular weight excluding hydrogens is 590 g/mol. The minimum atomic E-state index is -0.177. The lowest BCUT2D eigenvalue weighted by atomic mass is 9.79. The highest BCUT2D eigenvalue weighted by Crippen LogP contribution is 2.42. The van der Waals surface area contributed by atoms with E-state index in [0.29, 0.717) is 31.4 Å². The van der Waals surface area contributed by atoms with Gasteiger partial charge in [0.15, 0.2) is 0 Å². The Morgan fingerprint density at radius 1 is 0.354 bits per heavy atom. The van der Waals surface area contributed by atoms with E-state index < -0.39 is 0 Å². The molecule has 4 heteroatoms. The van der Waals surface area contributed by atoms with E-state index >= 15 is 0 Å². The normalized spacial score (nSPS) is 14.2. The first-order valence-corrected chi connectivity index (χ1v) is 17.4.